The summed E-state index contributed by atoms with van der Waals surface area (Å²) < 4.78 is 10.3. The quantitative estimate of drug-likeness (QED) is 0.637. The van der Waals surface area contributed by atoms with Crippen LogP contribution in [0.2, 0.25) is 0 Å². The van der Waals surface area contributed by atoms with Crippen LogP contribution < -0.4 is 4.74 Å². The van der Waals surface area contributed by atoms with E-state index in [1.165, 1.54) is 14.2 Å². The molecule has 0 aliphatic heterocycles. The number of ether oxygens (including phenoxy) is 2. The van der Waals surface area contributed by atoms with E-state index in [9.17, 15) is 14.4 Å². The minimum Gasteiger partial charge on any atom is -0.496 e. The number of rotatable bonds is 3. The molecule has 0 radical (unpaired) electrons. The van der Waals surface area contributed by atoms with E-state index in [4.69, 9.17) is 9.47 Å². The topological polar surface area (TPSA) is 69.7 Å². The smallest absolute Gasteiger partial charge is 0.310 e. The van der Waals surface area contributed by atoms with Gasteiger partial charge in [0.15, 0.2) is 11.6 Å². The van der Waals surface area contributed by atoms with Crippen molar-refractivity contribution >= 4 is 17.5 Å². The van der Waals surface area contributed by atoms with Gasteiger partial charge in [0, 0.05) is 17.0 Å². The minimum absolute atomic E-state index is 0.306. The maximum absolute atomic E-state index is 13.1. The SMILES string of the molecule is COC(=O)[C@H]1[C@H](c2ccccc2OC)C12C(=O)c1ccccc1C2=O. The first-order valence-electron chi connectivity index (χ1n) is 7.98. The first kappa shape index (κ1) is 15.6. The van der Waals surface area contributed by atoms with E-state index in [-0.39, 0.29) is 11.6 Å². The standard InChI is InChI=1S/C20H16O5/c1-24-14-10-6-5-9-13(14)15-16(19(23)25-2)20(15)17(21)11-7-3-4-8-12(11)18(20)22/h3-10,15-16H,1-2H3/t15-,16+/m0/s1. The van der Waals surface area contributed by atoms with Gasteiger partial charge in [-0.25, -0.2) is 0 Å². The molecule has 0 saturated heterocycles. The first-order chi connectivity index (χ1) is 12.1. The molecule has 2 aliphatic carbocycles. The van der Waals surface area contributed by atoms with Crippen LogP contribution in [0.5, 0.6) is 5.75 Å². The van der Waals surface area contributed by atoms with E-state index in [0.717, 1.165) is 0 Å². The summed E-state index contributed by atoms with van der Waals surface area (Å²) >= 11 is 0. The van der Waals surface area contributed by atoms with Crippen molar-refractivity contribution in [1.29, 1.82) is 0 Å². The number of fused-ring (bicyclic) bond motifs is 1. The number of carbonyl (C=O) groups excluding carboxylic acids is 3. The maximum atomic E-state index is 13.1. The van der Waals surface area contributed by atoms with Gasteiger partial charge in [-0.2, -0.15) is 0 Å². The summed E-state index contributed by atoms with van der Waals surface area (Å²) in [4.78, 5) is 38.7. The monoisotopic (exact) mass is 336 g/mol. The fourth-order valence-electron chi connectivity index (χ4n) is 4.18. The number of benzene rings is 2. The Labute approximate surface area is 144 Å². The fourth-order valence-corrected chi connectivity index (χ4v) is 4.18. The van der Waals surface area contributed by atoms with Crippen LogP contribution in [0, 0.1) is 11.3 Å². The van der Waals surface area contributed by atoms with E-state index in [0.29, 0.717) is 22.4 Å². The summed E-state index contributed by atoms with van der Waals surface area (Å²) in [6.07, 6.45) is 0. The zero-order chi connectivity index (χ0) is 17.8. The first-order valence-corrected chi connectivity index (χ1v) is 7.98. The Hall–Kier alpha value is -2.95. The largest absolute Gasteiger partial charge is 0.496 e. The molecule has 2 aromatic rings. The molecule has 25 heavy (non-hydrogen) atoms. The highest BCUT2D eigenvalue weighted by Gasteiger charge is 2.80. The van der Waals surface area contributed by atoms with E-state index in [1.54, 1.807) is 48.5 Å². The lowest BCUT2D eigenvalue weighted by atomic mass is 9.92. The molecule has 5 nitrogen and oxygen atoms in total. The lowest BCUT2D eigenvalue weighted by Gasteiger charge is -2.10. The van der Waals surface area contributed by atoms with Gasteiger partial charge in [0.2, 0.25) is 0 Å². The normalized spacial score (nSPS) is 22.6. The van der Waals surface area contributed by atoms with E-state index in [1.807, 2.05) is 0 Å². The molecule has 1 fully saturated rings. The number of hydrogen-bond acceptors (Lipinski definition) is 5. The second-order valence-corrected chi connectivity index (χ2v) is 6.29. The third-order valence-electron chi connectivity index (χ3n) is 5.30. The lowest BCUT2D eigenvalue weighted by Crippen LogP contribution is -2.24. The summed E-state index contributed by atoms with van der Waals surface area (Å²) in [5, 5.41) is 0. The van der Waals surface area contributed by atoms with Crippen molar-refractivity contribution in [3.8, 4) is 5.75 Å². The van der Waals surface area contributed by atoms with Crippen LogP contribution in [0.4, 0.5) is 0 Å². The van der Waals surface area contributed by atoms with E-state index < -0.39 is 23.2 Å². The van der Waals surface area contributed by atoms with Crippen LogP contribution in [0.1, 0.15) is 32.2 Å². The average molecular weight is 336 g/mol. The number of hydrogen-bond donors (Lipinski definition) is 0. The highest BCUT2D eigenvalue weighted by molar-refractivity contribution is 6.34. The summed E-state index contributed by atoms with van der Waals surface area (Å²) in [6, 6.07) is 13.9. The van der Waals surface area contributed by atoms with Gasteiger partial charge in [0.05, 0.1) is 20.1 Å². The predicted molar refractivity (Wildman–Crippen MR) is 88.8 cm³/mol. The Bertz CT molecular complexity index is 879. The van der Waals surface area contributed by atoms with Gasteiger partial charge < -0.3 is 9.47 Å². The third kappa shape index (κ3) is 1.81. The molecule has 0 heterocycles. The number of methoxy groups -OCH3 is 2. The second-order valence-electron chi connectivity index (χ2n) is 6.29. The van der Waals surface area contributed by atoms with Crippen molar-refractivity contribution in [3.63, 3.8) is 0 Å². The van der Waals surface area contributed by atoms with Crippen LogP contribution in [0.25, 0.3) is 0 Å². The zero-order valence-corrected chi connectivity index (χ0v) is 13.8. The van der Waals surface area contributed by atoms with Gasteiger partial charge in [0.25, 0.3) is 0 Å². The zero-order valence-electron chi connectivity index (χ0n) is 13.8. The third-order valence-corrected chi connectivity index (χ3v) is 5.30. The molecule has 2 aromatic carbocycles. The number of ketones is 2. The van der Waals surface area contributed by atoms with Crippen molar-refractivity contribution in [2.24, 2.45) is 11.3 Å². The van der Waals surface area contributed by atoms with Gasteiger partial charge in [-0.1, -0.05) is 42.5 Å². The number of carbonyl (C=O) groups is 3. The second kappa shape index (κ2) is 5.28. The number of para-hydroxylation sites is 1. The average Bonchev–Trinajstić information content (AvgIpc) is 3.31. The molecule has 126 valence electrons. The molecule has 0 amide bonds. The highest BCUT2D eigenvalue weighted by Crippen LogP contribution is 2.71. The molecular formula is C20H16O5. The van der Waals surface area contributed by atoms with Crippen molar-refractivity contribution < 1.29 is 23.9 Å². The molecule has 0 N–H and O–H groups in total. The molecule has 5 heteroatoms. The van der Waals surface area contributed by atoms with Gasteiger partial charge >= 0.3 is 5.97 Å². The van der Waals surface area contributed by atoms with Crippen molar-refractivity contribution in [2.75, 3.05) is 14.2 Å². The highest BCUT2D eigenvalue weighted by atomic mass is 16.5. The van der Waals surface area contributed by atoms with E-state index >= 15 is 0 Å². The Morgan fingerprint density at radius 3 is 2.04 bits per heavy atom. The van der Waals surface area contributed by atoms with Crippen molar-refractivity contribution in [1.82, 2.24) is 0 Å². The van der Waals surface area contributed by atoms with Crippen molar-refractivity contribution in [2.45, 2.75) is 5.92 Å². The molecular weight excluding hydrogens is 320 g/mol. The van der Waals surface area contributed by atoms with Crippen LogP contribution in [0.3, 0.4) is 0 Å². The maximum Gasteiger partial charge on any atom is 0.310 e. The molecule has 4 rings (SSSR count). The van der Waals surface area contributed by atoms with Gasteiger partial charge in [0.1, 0.15) is 11.2 Å². The number of Topliss-reactive ketones (excluding diaryl/α,β-unsaturated/α-hetero) is 2. The summed E-state index contributed by atoms with van der Waals surface area (Å²) in [7, 11) is 2.79. The Balaban J connectivity index is 1.90. The van der Waals surface area contributed by atoms with Gasteiger partial charge in [-0.05, 0) is 11.6 Å². The predicted octanol–water partition coefficient (Wildman–Crippen LogP) is 2.65. The van der Waals surface area contributed by atoms with E-state index in [2.05, 4.69) is 0 Å². The molecule has 1 saturated carbocycles. The summed E-state index contributed by atoms with van der Waals surface area (Å²) in [5.41, 5.74) is 0.0123. The molecule has 2 aliphatic rings. The Morgan fingerprint density at radius 2 is 1.48 bits per heavy atom. The number of esters is 1. The fraction of sp³-hybridized carbons (Fsp3) is 0.250. The van der Waals surface area contributed by atoms with Crippen LogP contribution in [-0.2, 0) is 9.53 Å². The molecule has 1 spiro atoms. The van der Waals surface area contributed by atoms with Crippen LogP contribution >= 0.6 is 0 Å². The lowest BCUT2D eigenvalue weighted by molar-refractivity contribution is -0.142. The molecule has 0 bridgehead atoms. The summed E-state index contributed by atoms with van der Waals surface area (Å²) in [6.45, 7) is 0. The minimum atomic E-state index is -1.41. The molecule has 0 aromatic heterocycles. The van der Waals surface area contributed by atoms with Crippen LogP contribution in [-0.4, -0.2) is 31.8 Å². The van der Waals surface area contributed by atoms with Crippen molar-refractivity contribution in [3.05, 3.63) is 65.2 Å². The molecule has 0 unspecified atom stereocenters. The van der Waals surface area contributed by atoms with Gasteiger partial charge in [-0.3, -0.25) is 14.4 Å². The molecule has 2 atom stereocenters. The Kier molecular flexibility index (Phi) is 3.29. The van der Waals surface area contributed by atoms with Gasteiger partial charge in [-0.15, -0.1) is 0 Å². The summed E-state index contributed by atoms with van der Waals surface area (Å²) in [5.74, 6) is -2.02. The van der Waals surface area contributed by atoms with Crippen LogP contribution in [0.15, 0.2) is 48.5 Å². The Morgan fingerprint density at radius 1 is 0.920 bits per heavy atom.